The molecule has 0 fully saturated rings. The monoisotopic (exact) mass is 578 g/mol. The van der Waals surface area contributed by atoms with Crippen LogP contribution in [0.25, 0.3) is 16.0 Å². The Labute approximate surface area is 241 Å². The standard InChI is InChI=1S/C15H12N4O2S.C9H10O3.C3H4N2S/c1-18-13-12(11(8-16)15(22)19-14(13)17)9-2-4-10(5-3-9)21-7-6-20;10-5-6-12-9-3-1-8(7-11)2-4-9;4-2-1-3(5)6/h2-5,20H,6-7H2,(H3,17,19,22);1-4,7,10H,5-6H2;1H2,(H2,5,6). The molecule has 0 unspecified atom stereocenters. The minimum Gasteiger partial charge on any atom is -0.491 e. The fourth-order valence-corrected chi connectivity index (χ4v) is 3.20. The smallest absolute Gasteiger partial charge is 0.234 e. The van der Waals surface area contributed by atoms with Gasteiger partial charge in [-0.2, -0.15) is 10.5 Å². The van der Waals surface area contributed by atoms with Crippen molar-refractivity contribution >= 4 is 47.2 Å². The maximum absolute atomic E-state index is 10.3. The van der Waals surface area contributed by atoms with Gasteiger partial charge in [0.2, 0.25) is 5.69 Å². The number of aliphatic hydroxyl groups excluding tert-OH is 2. The van der Waals surface area contributed by atoms with Gasteiger partial charge >= 0.3 is 0 Å². The number of nitrogens with zero attached hydrogens (tertiary/aromatic N) is 3. The molecule has 0 aliphatic carbocycles. The number of benzene rings is 2. The van der Waals surface area contributed by atoms with E-state index in [1.165, 1.54) is 0 Å². The Bertz CT molecular complexity index is 1450. The summed E-state index contributed by atoms with van der Waals surface area (Å²) in [5.74, 6) is 1.37. The van der Waals surface area contributed by atoms with Crippen LogP contribution in [0.5, 0.6) is 11.5 Å². The van der Waals surface area contributed by atoms with Crippen molar-refractivity contribution in [1.29, 1.82) is 10.5 Å². The molecule has 0 bridgehead atoms. The molecular weight excluding hydrogens is 552 g/mol. The van der Waals surface area contributed by atoms with Gasteiger partial charge in [0.1, 0.15) is 47.5 Å². The minimum atomic E-state index is -0.0768. The number of aromatic nitrogens is 1. The Balaban J connectivity index is 0.000000371. The van der Waals surface area contributed by atoms with Crippen LogP contribution in [0, 0.1) is 33.9 Å². The molecule has 13 heteroatoms. The van der Waals surface area contributed by atoms with Gasteiger partial charge in [0.25, 0.3) is 0 Å². The Morgan fingerprint density at radius 1 is 1.05 bits per heavy atom. The summed E-state index contributed by atoms with van der Waals surface area (Å²) in [6.45, 7) is 7.67. The van der Waals surface area contributed by atoms with Crippen LogP contribution >= 0.6 is 24.4 Å². The molecule has 206 valence electrons. The van der Waals surface area contributed by atoms with Crippen molar-refractivity contribution in [3.8, 4) is 34.8 Å². The number of thiocarbonyl (C=S) groups is 1. The number of carbonyl (C=O) groups is 1. The van der Waals surface area contributed by atoms with Crippen molar-refractivity contribution in [2.45, 2.75) is 6.42 Å². The summed E-state index contributed by atoms with van der Waals surface area (Å²) < 4.78 is 10.6. The summed E-state index contributed by atoms with van der Waals surface area (Å²) in [7, 11) is 0. The summed E-state index contributed by atoms with van der Waals surface area (Å²) >= 11 is 9.45. The summed E-state index contributed by atoms with van der Waals surface area (Å²) in [5, 5.41) is 34.3. The van der Waals surface area contributed by atoms with Gasteiger partial charge < -0.3 is 36.1 Å². The molecule has 0 aliphatic rings. The number of H-pyrrole nitrogens is 1. The van der Waals surface area contributed by atoms with Gasteiger partial charge in [0.15, 0.2) is 0 Å². The fourth-order valence-electron chi connectivity index (χ4n) is 2.88. The van der Waals surface area contributed by atoms with Crippen molar-refractivity contribution in [3.63, 3.8) is 0 Å². The highest BCUT2D eigenvalue weighted by molar-refractivity contribution is 7.80. The first-order valence-electron chi connectivity index (χ1n) is 11.4. The molecule has 0 aliphatic heterocycles. The van der Waals surface area contributed by atoms with E-state index in [-0.39, 0.29) is 59.5 Å². The third kappa shape index (κ3) is 10.9. The Kier molecular flexibility index (Phi) is 15.3. The summed E-state index contributed by atoms with van der Waals surface area (Å²) in [6.07, 6.45) is 0.963. The number of nitrogens with one attached hydrogen (secondary N) is 1. The zero-order chi connectivity index (χ0) is 29.9. The molecule has 0 radical (unpaired) electrons. The predicted octanol–water partition coefficient (Wildman–Crippen LogP) is 3.84. The molecule has 0 saturated heterocycles. The first-order chi connectivity index (χ1) is 19.3. The first-order valence-corrected chi connectivity index (χ1v) is 12.2. The second-order valence-electron chi connectivity index (χ2n) is 7.35. The fraction of sp³-hybridized carbons (Fsp3) is 0.185. The average Bonchev–Trinajstić information content (AvgIpc) is 2.96. The number of carbonyl (C=O) groups excluding carboxylic acids is 1. The Morgan fingerprint density at radius 2 is 1.57 bits per heavy atom. The number of nitrogen functional groups attached to an aromatic ring is 1. The lowest BCUT2D eigenvalue weighted by Crippen LogP contribution is -2.04. The van der Waals surface area contributed by atoms with E-state index in [0.717, 1.165) is 6.29 Å². The van der Waals surface area contributed by atoms with Gasteiger partial charge in [-0.3, -0.25) is 4.79 Å². The van der Waals surface area contributed by atoms with Crippen molar-refractivity contribution < 1.29 is 24.5 Å². The zero-order valence-corrected chi connectivity index (χ0v) is 22.8. The highest BCUT2D eigenvalue weighted by atomic mass is 32.1. The average molecular weight is 579 g/mol. The van der Waals surface area contributed by atoms with E-state index >= 15 is 0 Å². The number of ether oxygens (including phenoxy) is 2. The number of aldehydes is 1. The molecule has 7 N–H and O–H groups in total. The number of nitriles is 2. The van der Waals surface area contributed by atoms with Crippen molar-refractivity contribution in [3.05, 3.63) is 75.7 Å². The number of pyridine rings is 1. The van der Waals surface area contributed by atoms with Crippen LogP contribution in [-0.4, -0.2) is 52.9 Å². The maximum atomic E-state index is 10.3. The molecule has 2 aromatic carbocycles. The van der Waals surface area contributed by atoms with E-state index in [0.29, 0.717) is 28.2 Å². The largest absolute Gasteiger partial charge is 0.491 e. The van der Waals surface area contributed by atoms with Crippen LogP contribution in [0.1, 0.15) is 22.3 Å². The van der Waals surface area contributed by atoms with Crippen LogP contribution in [0.4, 0.5) is 11.5 Å². The van der Waals surface area contributed by atoms with Gasteiger partial charge in [0.05, 0.1) is 42.8 Å². The number of aromatic amines is 1. The molecule has 11 nitrogen and oxygen atoms in total. The summed E-state index contributed by atoms with van der Waals surface area (Å²) in [4.78, 5) is 16.6. The van der Waals surface area contributed by atoms with E-state index in [9.17, 15) is 10.1 Å². The van der Waals surface area contributed by atoms with E-state index in [1.807, 2.05) is 6.07 Å². The number of aliphatic hydroxyl groups is 2. The quantitative estimate of drug-likeness (QED) is 0.140. The molecule has 1 aromatic heterocycles. The van der Waals surface area contributed by atoms with Crippen molar-refractivity contribution in [2.75, 3.05) is 32.2 Å². The van der Waals surface area contributed by atoms with Gasteiger partial charge in [-0.15, -0.1) is 0 Å². The van der Waals surface area contributed by atoms with Gasteiger partial charge in [-0.1, -0.05) is 36.6 Å². The lowest BCUT2D eigenvalue weighted by Gasteiger charge is -2.11. The zero-order valence-electron chi connectivity index (χ0n) is 21.2. The van der Waals surface area contributed by atoms with E-state index in [4.69, 9.17) is 55.2 Å². The van der Waals surface area contributed by atoms with Crippen LogP contribution in [-0.2, 0) is 0 Å². The molecule has 0 atom stereocenters. The highest BCUT2D eigenvalue weighted by Gasteiger charge is 2.16. The molecule has 1 heterocycles. The third-order valence-corrected chi connectivity index (χ3v) is 5.02. The Morgan fingerprint density at radius 3 is 1.95 bits per heavy atom. The second kappa shape index (κ2) is 18.4. The highest BCUT2D eigenvalue weighted by Crippen LogP contribution is 2.38. The molecule has 3 aromatic rings. The molecule has 40 heavy (non-hydrogen) atoms. The number of anilines is 1. The van der Waals surface area contributed by atoms with E-state index < -0.39 is 0 Å². The SMILES string of the molecule is N#CCC(N)=S.O=Cc1ccc(OCCO)cc1.[C-]#[N+]c1c(N)[nH]c(=S)c(C#N)c1-c1ccc(OCCO)cc1. The third-order valence-electron chi connectivity index (χ3n) is 4.57. The number of rotatable bonds is 9. The summed E-state index contributed by atoms with van der Waals surface area (Å²) in [5.41, 5.74) is 12.7. The molecule has 0 amide bonds. The molecular formula is C27H26N6O5S2. The Hall–Kier alpha value is -4.84. The van der Waals surface area contributed by atoms with Gasteiger partial charge in [0, 0.05) is 11.1 Å². The van der Waals surface area contributed by atoms with Gasteiger partial charge in [-0.05, 0) is 42.0 Å². The van der Waals surface area contributed by atoms with Crippen LogP contribution in [0.2, 0.25) is 0 Å². The normalized spacial score (nSPS) is 9.18. The van der Waals surface area contributed by atoms with E-state index in [1.54, 1.807) is 54.6 Å². The van der Waals surface area contributed by atoms with Crippen LogP contribution in [0.3, 0.4) is 0 Å². The summed E-state index contributed by atoms with van der Waals surface area (Å²) in [6, 6.07) is 17.3. The molecule has 0 spiro atoms. The number of hydrogen-bond acceptors (Lipinski definition) is 10. The lowest BCUT2D eigenvalue weighted by molar-refractivity contribution is 0.112. The number of hydrogen-bond donors (Lipinski definition) is 5. The second-order valence-corrected chi connectivity index (χ2v) is 8.28. The topological polar surface area (TPSA) is 196 Å². The van der Waals surface area contributed by atoms with Crippen LogP contribution < -0.4 is 20.9 Å². The van der Waals surface area contributed by atoms with Crippen molar-refractivity contribution in [1.82, 2.24) is 4.98 Å². The minimum absolute atomic E-state index is 0.00453. The van der Waals surface area contributed by atoms with Crippen LogP contribution in [0.15, 0.2) is 48.5 Å². The van der Waals surface area contributed by atoms with Gasteiger partial charge in [-0.25, -0.2) is 4.85 Å². The molecule has 0 saturated carbocycles. The predicted molar refractivity (Wildman–Crippen MR) is 156 cm³/mol. The number of nitrogens with two attached hydrogens (primary N) is 2. The first kappa shape index (κ1) is 33.2. The van der Waals surface area contributed by atoms with Crippen molar-refractivity contribution in [2.24, 2.45) is 5.73 Å². The lowest BCUT2D eigenvalue weighted by atomic mass is 10.00. The van der Waals surface area contributed by atoms with E-state index in [2.05, 4.69) is 22.0 Å². The maximum Gasteiger partial charge on any atom is 0.234 e. The molecule has 3 rings (SSSR count).